The zero-order chi connectivity index (χ0) is 32.6. The molecule has 0 spiro atoms. The molecule has 0 fully saturated rings. The number of hydrogen-bond donors (Lipinski definition) is 2. The normalized spacial score (nSPS) is 16.0. The van der Waals surface area contributed by atoms with Crippen molar-refractivity contribution in [3.05, 3.63) is 99.8 Å². The molecular weight excluding hydrogens is 590 g/mol. The number of pyridine rings is 1. The van der Waals surface area contributed by atoms with Crippen LogP contribution in [-0.2, 0) is 29.1 Å². The first kappa shape index (κ1) is 32.0. The minimum Gasteiger partial charge on any atom is -0.493 e. The minimum atomic E-state index is -0.932. The summed E-state index contributed by atoms with van der Waals surface area (Å²) in [5.74, 6) is 0.424. The van der Waals surface area contributed by atoms with Gasteiger partial charge in [0.15, 0.2) is 11.5 Å². The molecule has 4 aromatic rings. The van der Waals surface area contributed by atoms with E-state index in [0.29, 0.717) is 47.4 Å². The molecule has 46 heavy (non-hydrogen) atoms. The van der Waals surface area contributed by atoms with Gasteiger partial charge in [0, 0.05) is 42.9 Å². The topological polar surface area (TPSA) is 145 Å². The highest BCUT2D eigenvalue weighted by Gasteiger charge is 2.26. The Hall–Kier alpha value is -5.39. The van der Waals surface area contributed by atoms with Gasteiger partial charge in [0.05, 0.1) is 26.8 Å². The van der Waals surface area contributed by atoms with E-state index in [2.05, 4.69) is 15.6 Å². The van der Waals surface area contributed by atoms with Crippen molar-refractivity contribution in [3.8, 4) is 23.0 Å². The monoisotopic (exact) mass is 627 g/mol. The van der Waals surface area contributed by atoms with Crippen molar-refractivity contribution in [2.75, 3.05) is 26.8 Å². The van der Waals surface area contributed by atoms with Crippen LogP contribution >= 0.6 is 0 Å². The molecule has 0 unspecified atom stereocenters. The van der Waals surface area contributed by atoms with Crippen molar-refractivity contribution in [2.24, 2.45) is 0 Å². The third-order valence-electron chi connectivity index (χ3n) is 7.70. The van der Waals surface area contributed by atoms with E-state index in [1.54, 1.807) is 37.4 Å². The van der Waals surface area contributed by atoms with E-state index in [1.807, 2.05) is 37.3 Å². The van der Waals surface area contributed by atoms with Crippen LogP contribution in [0.15, 0.2) is 76.1 Å². The quantitative estimate of drug-likeness (QED) is 0.344. The lowest BCUT2D eigenvalue weighted by Gasteiger charge is -2.25. The Labute approximate surface area is 266 Å². The number of hydrogen-bond acceptors (Lipinski definition) is 8. The average molecular weight is 628 g/mol. The first-order valence-electron chi connectivity index (χ1n) is 15.1. The standard InChI is InChI=1S/C34H37N5O7/c1-4-38-15-13-25(19-31(38)41)34(43)39-14-8-16-45-29-18-24(11-12-28(29)44-3)33-37-27(22(2)46-33)20-35-32(42)26(36-30(40)21-39)17-23-9-6-5-7-10-23/h5-7,9-13,15,18-19,26H,4,8,14,16-17,20-21H2,1-3H3,(H,35,42)(H,36,40)/t26-/m1/s1. The van der Waals surface area contributed by atoms with Gasteiger partial charge in [-0.1, -0.05) is 30.3 Å². The lowest BCUT2D eigenvalue weighted by molar-refractivity contribution is -0.129. The van der Waals surface area contributed by atoms with E-state index in [1.165, 1.54) is 22.6 Å². The molecule has 0 saturated heterocycles. The maximum absolute atomic E-state index is 13.6. The Morgan fingerprint density at radius 3 is 2.63 bits per heavy atom. The molecule has 240 valence electrons. The molecule has 0 radical (unpaired) electrons. The highest BCUT2D eigenvalue weighted by molar-refractivity contribution is 5.97. The van der Waals surface area contributed by atoms with Crippen LogP contribution < -0.4 is 25.7 Å². The maximum Gasteiger partial charge on any atom is 0.254 e. The van der Waals surface area contributed by atoms with Crippen LogP contribution in [0.2, 0.25) is 0 Å². The van der Waals surface area contributed by atoms with E-state index in [-0.39, 0.29) is 43.8 Å². The molecule has 4 bridgehead atoms. The fourth-order valence-corrected chi connectivity index (χ4v) is 5.18. The number of nitrogens with zero attached hydrogens (tertiary/aromatic N) is 3. The summed E-state index contributed by atoms with van der Waals surface area (Å²) >= 11 is 0. The molecule has 2 aromatic carbocycles. The predicted octanol–water partition coefficient (Wildman–Crippen LogP) is 3.11. The average Bonchev–Trinajstić information content (AvgIpc) is 3.44. The van der Waals surface area contributed by atoms with E-state index in [9.17, 15) is 19.2 Å². The minimum absolute atomic E-state index is 0.0722. The molecule has 12 nitrogen and oxygen atoms in total. The number of carbonyl (C=O) groups excluding carboxylic acids is 3. The van der Waals surface area contributed by atoms with Gasteiger partial charge in [-0.15, -0.1) is 0 Å². The van der Waals surface area contributed by atoms with Crippen molar-refractivity contribution < 1.29 is 28.3 Å². The second-order valence-electron chi connectivity index (χ2n) is 10.9. The molecule has 2 aromatic heterocycles. The summed E-state index contributed by atoms with van der Waals surface area (Å²) in [6.07, 6.45) is 2.14. The second kappa shape index (κ2) is 14.6. The number of carbonyl (C=O) groups is 3. The van der Waals surface area contributed by atoms with Gasteiger partial charge < -0.3 is 34.0 Å². The molecule has 1 atom stereocenters. The molecule has 5 rings (SSSR count). The van der Waals surface area contributed by atoms with Gasteiger partial charge in [0.2, 0.25) is 17.7 Å². The summed E-state index contributed by atoms with van der Waals surface area (Å²) < 4.78 is 18.9. The number of fused-ring (bicyclic) bond motifs is 5. The third-order valence-corrected chi connectivity index (χ3v) is 7.70. The number of benzene rings is 2. The first-order valence-corrected chi connectivity index (χ1v) is 15.1. The number of methoxy groups -OCH3 is 1. The smallest absolute Gasteiger partial charge is 0.254 e. The summed E-state index contributed by atoms with van der Waals surface area (Å²) in [7, 11) is 1.53. The Kier molecular flexibility index (Phi) is 10.2. The van der Waals surface area contributed by atoms with Crippen molar-refractivity contribution in [2.45, 2.75) is 45.8 Å². The Morgan fingerprint density at radius 1 is 1.09 bits per heavy atom. The number of aryl methyl sites for hydroxylation is 2. The third kappa shape index (κ3) is 7.63. The van der Waals surface area contributed by atoms with Gasteiger partial charge in [-0.3, -0.25) is 19.2 Å². The highest BCUT2D eigenvalue weighted by Crippen LogP contribution is 2.33. The number of oxazole rings is 1. The molecule has 1 aliphatic rings. The van der Waals surface area contributed by atoms with Crippen LogP contribution in [0, 0.1) is 6.92 Å². The molecule has 0 aliphatic carbocycles. The summed E-state index contributed by atoms with van der Waals surface area (Å²) in [6, 6.07) is 16.5. The van der Waals surface area contributed by atoms with Gasteiger partial charge in [-0.2, -0.15) is 0 Å². The molecule has 12 heteroatoms. The Balaban J connectivity index is 1.46. The van der Waals surface area contributed by atoms with Crippen LogP contribution in [0.1, 0.15) is 40.7 Å². The zero-order valence-electron chi connectivity index (χ0n) is 26.1. The van der Waals surface area contributed by atoms with Crippen LogP contribution in [0.5, 0.6) is 11.5 Å². The molecule has 1 aliphatic heterocycles. The van der Waals surface area contributed by atoms with Gasteiger partial charge in [-0.25, -0.2) is 4.98 Å². The SMILES string of the molecule is CCn1ccc(C(=O)N2CCCOc3cc(ccc3OC)-c3nc(c(C)o3)CNC(=O)[C@@H](Cc3ccccc3)NC(=O)C2)cc1=O. The largest absolute Gasteiger partial charge is 0.493 e. The maximum atomic E-state index is 13.6. The Bertz CT molecular complexity index is 1770. The van der Waals surface area contributed by atoms with Crippen molar-refractivity contribution in [3.63, 3.8) is 0 Å². The van der Waals surface area contributed by atoms with E-state index in [0.717, 1.165) is 5.56 Å². The summed E-state index contributed by atoms with van der Waals surface area (Å²) in [5, 5.41) is 5.70. The number of nitrogens with one attached hydrogen (secondary N) is 2. The summed E-state index contributed by atoms with van der Waals surface area (Å²) in [6.45, 7) is 4.13. The van der Waals surface area contributed by atoms with Crippen molar-refractivity contribution >= 4 is 17.7 Å². The molecular formula is C34H37N5O7. The molecule has 0 saturated carbocycles. The Morgan fingerprint density at radius 2 is 1.89 bits per heavy atom. The van der Waals surface area contributed by atoms with E-state index >= 15 is 0 Å². The lowest BCUT2D eigenvalue weighted by Crippen LogP contribution is -2.51. The summed E-state index contributed by atoms with van der Waals surface area (Å²) in [4.78, 5) is 59.1. The number of ether oxygens (including phenoxy) is 2. The second-order valence-corrected chi connectivity index (χ2v) is 10.9. The molecule has 3 amide bonds. The van der Waals surface area contributed by atoms with Gasteiger partial charge in [0.25, 0.3) is 11.5 Å². The number of aromatic nitrogens is 2. The van der Waals surface area contributed by atoms with E-state index < -0.39 is 23.8 Å². The molecule has 3 heterocycles. The van der Waals surface area contributed by atoms with Crippen LogP contribution in [0.4, 0.5) is 0 Å². The lowest BCUT2D eigenvalue weighted by atomic mass is 10.0. The fraction of sp³-hybridized carbons (Fsp3) is 0.324. The van der Waals surface area contributed by atoms with E-state index in [4.69, 9.17) is 13.9 Å². The number of rotatable bonds is 5. The predicted molar refractivity (Wildman–Crippen MR) is 170 cm³/mol. The summed E-state index contributed by atoms with van der Waals surface area (Å²) in [5.41, 5.74) is 1.89. The van der Waals surface area contributed by atoms with Crippen LogP contribution in [0.25, 0.3) is 11.5 Å². The van der Waals surface area contributed by atoms with Crippen molar-refractivity contribution in [1.29, 1.82) is 0 Å². The number of amides is 3. The van der Waals surface area contributed by atoms with Crippen LogP contribution in [-0.4, -0.2) is 65.0 Å². The van der Waals surface area contributed by atoms with Crippen LogP contribution in [0.3, 0.4) is 0 Å². The molecule has 2 N–H and O–H groups in total. The van der Waals surface area contributed by atoms with Gasteiger partial charge in [-0.05, 0) is 50.1 Å². The van der Waals surface area contributed by atoms with Gasteiger partial charge >= 0.3 is 0 Å². The van der Waals surface area contributed by atoms with Crippen molar-refractivity contribution in [1.82, 2.24) is 25.1 Å². The zero-order valence-corrected chi connectivity index (χ0v) is 26.1. The fourth-order valence-electron chi connectivity index (χ4n) is 5.18. The first-order chi connectivity index (χ1) is 22.2. The highest BCUT2D eigenvalue weighted by atomic mass is 16.5. The van der Waals surface area contributed by atoms with Gasteiger partial charge in [0.1, 0.15) is 17.5 Å².